The van der Waals surface area contributed by atoms with Gasteiger partial charge in [-0.05, 0) is 63.5 Å². The minimum Gasteiger partial charge on any atom is -0.456 e. The molecule has 15 nitrogen and oxygen atoms in total. The summed E-state index contributed by atoms with van der Waals surface area (Å²) in [5.74, 6) is -5.36. The van der Waals surface area contributed by atoms with Gasteiger partial charge >= 0.3 is 24.0 Å². The quantitative estimate of drug-likeness (QED) is 0.147. The van der Waals surface area contributed by atoms with Gasteiger partial charge in [-0.3, -0.25) is 9.59 Å². The molecule has 5 N–H and O–H groups in total. The molecule has 314 valence electrons. The first-order valence-corrected chi connectivity index (χ1v) is 19.3. The third-order valence-electron chi connectivity index (χ3n) is 12.6. The van der Waals surface area contributed by atoms with Gasteiger partial charge in [0.1, 0.15) is 35.6 Å². The van der Waals surface area contributed by atoms with Crippen molar-refractivity contribution in [1.29, 1.82) is 0 Å². The maximum atomic E-state index is 14.9. The van der Waals surface area contributed by atoms with Crippen molar-refractivity contribution < 1.29 is 68.1 Å². The maximum Gasteiger partial charge on any atom is 0.408 e. The van der Waals surface area contributed by atoms with Crippen molar-refractivity contribution in [3.8, 4) is 0 Å². The summed E-state index contributed by atoms with van der Waals surface area (Å²) >= 11 is 0. The molecule has 6 rings (SSSR count). The van der Waals surface area contributed by atoms with E-state index in [1.165, 1.54) is 26.0 Å². The van der Waals surface area contributed by atoms with Gasteiger partial charge in [0.05, 0.1) is 35.6 Å². The first kappa shape index (κ1) is 42.9. The van der Waals surface area contributed by atoms with Crippen LogP contribution in [0, 0.1) is 16.7 Å². The number of esters is 3. The Hall–Kier alpha value is -4.67. The molecule has 4 aliphatic rings. The van der Waals surface area contributed by atoms with E-state index in [1.807, 2.05) is 0 Å². The van der Waals surface area contributed by atoms with E-state index in [9.17, 15) is 44.4 Å². The van der Waals surface area contributed by atoms with Crippen molar-refractivity contribution in [2.45, 2.75) is 128 Å². The lowest BCUT2D eigenvalue weighted by Gasteiger charge is -2.67. The van der Waals surface area contributed by atoms with Crippen LogP contribution in [0.4, 0.5) is 4.79 Å². The van der Waals surface area contributed by atoms with Crippen LogP contribution in [0.25, 0.3) is 0 Å². The number of ether oxygens (including phenoxy) is 5. The molecule has 0 spiro atoms. The first-order valence-electron chi connectivity index (χ1n) is 19.3. The van der Waals surface area contributed by atoms with Gasteiger partial charge in [-0.1, -0.05) is 62.4 Å². The van der Waals surface area contributed by atoms with Gasteiger partial charge in [0, 0.05) is 25.2 Å². The number of nitrogens with one attached hydrogen (secondary N) is 1. The Bertz CT molecular complexity index is 1980. The van der Waals surface area contributed by atoms with Gasteiger partial charge in [0.2, 0.25) is 0 Å². The minimum absolute atomic E-state index is 0.0637. The number of fused-ring (bicyclic) bond motifs is 5. The molecule has 58 heavy (non-hydrogen) atoms. The van der Waals surface area contributed by atoms with Crippen molar-refractivity contribution in [3.05, 3.63) is 82.9 Å². The number of aliphatic hydroxyl groups excluding tert-OH is 3. The first-order chi connectivity index (χ1) is 27.0. The minimum atomic E-state index is -2.35. The molecule has 1 saturated heterocycles. The maximum absolute atomic E-state index is 14.9. The highest BCUT2D eigenvalue weighted by atomic mass is 16.6. The van der Waals surface area contributed by atoms with Crippen LogP contribution in [0.15, 0.2) is 71.8 Å². The third kappa shape index (κ3) is 7.10. The predicted molar refractivity (Wildman–Crippen MR) is 204 cm³/mol. The summed E-state index contributed by atoms with van der Waals surface area (Å²) in [5, 5.41) is 51.6. The van der Waals surface area contributed by atoms with Crippen LogP contribution < -0.4 is 5.32 Å². The third-order valence-corrected chi connectivity index (χ3v) is 12.6. The number of alkyl carbamates (subject to hydrolysis) is 1. The monoisotopic (exact) mass is 807 g/mol. The summed E-state index contributed by atoms with van der Waals surface area (Å²) in [6.45, 7) is 11.8. The predicted octanol–water partition coefficient (Wildman–Crippen LogP) is 3.26. The Morgan fingerprint density at radius 1 is 0.948 bits per heavy atom. The molecule has 2 aromatic carbocycles. The van der Waals surface area contributed by atoms with E-state index in [-0.39, 0.29) is 29.7 Å². The lowest BCUT2D eigenvalue weighted by Crippen LogP contribution is -2.81. The van der Waals surface area contributed by atoms with Crippen molar-refractivity contribution in [1.82, 2.24) is 5.32 Å². The zero-order chi connectivity index (χ0) is 42.7. The second-order valence-corrected chi connectivity index (χ2v) is 17.6. The number of carbonyl (C=O) groups is 5. The molecule has 2 saturated carbocycles. The summed E-state index contributed by atoms with van der Waals surface area (Å²) in [7, 11) is 0. The van der Waals surface area contributed by atoms with Crippen LogP contribution in [0.3, 0.4) is 0 Å². The number of hydrogen-bond acceptors (Lipinski definition) is 14. The van der Waals surface area contributed by atoms with Gasteiger partial charge < -0.3 is 49.4 Å². The molecule has 3 aliphatic carbocycles. The Balaban J connectivity index is 1.49. The SMILES string of the molecule is CC(=O)O[C@@]12CO[C@@H]1C[C@H](O)[C@@]1(C)C(=O)C(O)C3=C(C)[C@@H](OC(=O)[C@H](O)[C@@H](NC(=O)OC(C)(C)C)c4ccccc4)C[C@@](O)([C@@H](OC(=O)c4ccccc4)[C@H]21)C3(C)C. The topological polar surface area (TPSA) is 224 Å². The highest BCUT2D eigenvalue weighted by Gasteiger charge is 2.78. The molecule has 3 fully saturated rings. The van der Waals surface area contributed by atoms with E-state index in [2.05, 4.69) is 5.32 Å². The largest absolute Gasteiger partial charge is 0.456 e. The number of benzene rings is 2. The fourth-order valence-corrected chi connectivity index (χ4v) is 9.56. The molecule has 15 heteroatoms. The lowest BCUT2D eigenvalue weighted by molar-refractivity contribution is -0.346. The van der Waals surface area contributed by atoms with Crippen molar-refractivity contribution in [2.24, 2.45) is 16.7 Å². The second-order valence-electron chi connectivity index (χ2n) is 17.6. The standard InChI is InChI=1S/C43H53NO14/c1-22-26(55-37(51)32(48)30(24-15-11-9-12-16-24)44-38(52)58-39(3,4)5)20-43(53)35(56-36(50)25-17-13-10-14-18-25)33-41(8,34(49)31(47)29(22)40(43,6)7)27(46)19-28-42(33,21-54-28)57-23(2)45/h9-18,26-28,30-33,35,46-48,53H,19-21H2,1-8H3,(H,44,52)/t26-,27-,28+,30-,31?,32+,33-,35-,41+,42-,43+/m0/s1. The average Bonchev–Trinajstić information content (AvgIpc) is 3.14. The summed E-state index contributed by atoms with van der Waals surface area (Å²) in [4.78, 5) is 68.9. The van der Waals surface area contributed by atoms with E-state index in [0.29, 0.717) is 5.56 Å². The number of aliphatic hydroxyl groups is 4. The van der Waals surface area contributed by atoms with Crippen LogP contribution in [-0.4, -0.2) is 110 Å². The molecule has 2 aromatic rings. The van der Waals surface area contributed by atoms with Crippen molar-refractivity contribution in [2.75, 3.05) is 6.61 Å². The van der Waals surface area contributed by atoms with Gasteiger partial charge in [-0.15, -0.1) is 0 Å². The molecule has 1 heterocycles. The fraction of sp³-hybridized carbons (Fsp3) is 0.558. The number of ketones is 1. The molecule has 2 bridgehead atoms. The molecule has 1 aliphatic heterocycles. The Morgan fingerprint density at radius 3 is 2.10 bits per heavy atom. The Kier molecular flexibility index (Phi) is 11.2. The van der Waals surface area contributed by atoms with Crippen molar-refractivity contribution in [3.63, 3.8) is 0 Å². The molecule has 0 aromatic heterocycles. The smallest absolute Gasteiger partial charge is 0.408 e. The zero-order valence-corrected chi connectivity index (χ0v) is 33.9. The Labute approximate surface area is 336 Å². The molecular formula is C43H53NO14. The number of rotatable bonds is 8. The van der Waals surface area contributed by atoms with Gasteiger partial charge in [0.15, 0.2) is 17.5 Å². The van der Waals surface area contributed by atoms with Gasteiger partial charge in [-0.2, -0.15) is 0 Å². The van der Waals surface area contributed by atoms with Crippen LogP contribution in [0.5, 0.6) is 0 Å². The highest BCUT2D eigenvalue weighted by molar-refractivity contribution is 5.94. The van der Waals surface area contributed by atoms with Gasteiger partial charge in [0.25, 0.3) is 0 Å². The van der Waals surface area contributed by atoms with E-state index in [0.717, 1.165) is 6.92 Å². The van der Waals surface area contributed by atoms with E-state index in [1.54, 1.807) is 83.1 Å². The average molecular weight is 808 g/mol. The summed E-state index contributed by atoms with van der Waals surface area (Å²) in [6.07, 6.45) is -11.5. The van der Waals surface area contributed by atoms with Crippen LogP contribution in [-0.2, 0) is 38.1 Å². The highest BCUT2D eigenvalue weighted by Crippen LogP contribution is 2.64. The number of Topliss-reactive ketones (excluding diaryl/α,β-unsaturated/α-hetero) is 1. The number of amides is 1. The Morgan fingerprint density at radius 2 is 1.55 bits per heavy atom. The summed E-state index contributed by atoms with van der Waals surface area (Å²) in [5.41, 5.74) is -8.14. The lowest BCUT2D eigenvalue weighted by atomic mass is 9.44. The van der Waals surface area contributed by atoms with Crippen LogP contribution in [0.2, 0.25) is 0 Å². The molecule has 1 amide bonds. The van der Waals surface area contributed by atoms with Gasteiger partial charge in [-0.25, -0.2) is 14.4 Å². The van der Waals surface area contributed by atoms with E-state index < -0.39 is 112 Å². The second kappa shape index (κ2) is 15.2. The van der Waals surface area contributed by atoms with Crippen LogP contribution >= 0.6 is 0 Å². The molecule has 11 atom stereocenters. The van der Waals surface area contributed by atoms with Crippen molar-refractivity contribution >= 4 is 29.8 Å². The zero-order valence-electron chi connectivity index (χ0n) is 33.9. The molecule has 1 unspecified atom stereocenters. The summed E-state index contributed by atoms with van der Waals surface area (Å²) in [6, 6.07) is 14.6. The summed E-state index contributed by atoms with van der Waals surface area (Å²) < 4.78 is 29.5. The number of hydrogen-bond donors (Lipinski definition) is 5. The van der Waals surface area contributed by atoms with Crippen LogP contribution in [0.1, 0.15) is 90.2 Å². The normalized spacial score (nSPS) is 33.7. The van der Waals surface area contributed by atoms with E-state index in [4.69, 9.17) is 23.7 Å². The van der Waals surface area contributed by atoms with E-state index >= 15 is 0 Å². The molecule has 0 radical (unpaired) electrons. The molecular weight excluding hydrogens is 754 g/mol. The fourth-order valence-electron chi connectivity index (χ4n) is 9.56. The number of carbonyl (C=O) groups excluding carboxylic acids is 5.